The van der Waals surface area contributed by atoms with Gasteiger partial charge in [-0.15, -0.1) is 0 Å². The minimum atomic E-state index is 0.124. The summed E-state index contributed by atoms with van der Waals surface area (Å²) in [5.41, 5.74) is 3.36. The maximum atomic E-state index is 3.56. The minimum Gasteiger partial charge on any atom is -0.313 e. The average molecular weight is 235 g/mol. The van der Waals surface area contributed by atoms with Crippen molar-refractivity contribution in [3.05, 3.63) is 35.5 Å². The minimum absolute atomic E-state index is 0.124. The Kier molecular flexibility index (Phi) is 3.66. The van der Waals surface area contributed by atoms with Crippen molar-refractivity contribution in [3.8, 4) is 0 Å². The van der Waals surface area contributed by atoms with Gasteiger partial charge in [-0.1, -0.05) is 46.1 Å². The van der Waals surface area contributed by atoms with E-state index in [0.29, 0.717) is 0 Å². The molecule has 2 rings (SSSR count). The number of hydrogen-bond donors (Lipinski definition) is 1. The lowest BCUT2D eigenvalue weighted by Gasteiger charge is -2.23. The standard InChI is InChI=1S/C14H22NP/c1-14(2)7-4-5-13-10-16(3)11-15-8-6-12(13)9-14/h4-5,7,9,15H,6,8,10-11H2,1-3H3. The van der Waals surface area contributed by atoms with Crippen molar-refractivity contribution < 1.29 is 0 Å². The Labute approximate surface area is 100 Å². The van der Waals surface area contributed by atoms with Crippen molar-refractivity contribution in [2.45, 2.75) is 20.3 Å². The molecule has 0 aromatic rings. The quantitative estimate of drug-likeness (QED) is 0.634. The van der Waals surface area contributed by atoms with Crippen LogP contribution in [-0.2, 0) is 0 Å². The molecule has 1 fully saturated rings. The topological polar surface area (TPSA) is 12.0 Å². The second kappa shape index (κ2) is 4.85. The summed E-state index contributed by atoms with van der Waals surface area (Å²) in [4.78, 5) is 0. The average Bonchev–Trinajstić information content (AvgIpc) is 2.30. The van der Waals surface area contributed by atoms with Crippen molar-refractivity contribution in [2.75, 3.05) is 25.7 Å². The van der Waals surface area contributed by atoms with Crippen LogP contribution in [0.5, 0.6) is 0 Å². The van der Waals surface area contributed by atoms with Gasteiger partial charge in [-0.3, -0.25) is 0 Å². The van der Waals surface area contributed by atoms with Crippen LogP contribution in [0.1, 0.15) is 20.3 Å². The van der Waals surface area contributed by atoms with Gasteiger partial charge < -0.3 is 5.32 Å². The fourth-order valence-corrected chi connectivity index (χ4v) is 3.88. The van der Waals surface area contributed by atoms with Crippen LogP contribution in [0.3, 0.4) is 0 Å². The van der Waals surface area contributed by atoms with E-state index in [4.69, 9.17) is 0 Å². The molecule has 0 radical (unpaired) electrons. The summed E-state index contributed by atoms with van der Waals surface area (Å²) in [6, 6.07) is 0. The van der Waals surface area contributed by atoms with Crippen LogP contribution in [0.2, 0.25) is 0 Å². The third kappa shape index (κ3) is 3.06. The Balaban J connectivity index is 2.28. The lowest BCUT2D eigenvalue weighted by Crippen LogP contribution is -2.21. The Morgan fingerprint density at radius 3 is 2.94 bits per heavy atom. The van der Waals surface area contributed by atoms with E-state index < -0.39 is 0 Å². The first kappa shape index (κ1) is 12.1. The lowest BCUT2D eigenvalue weighted by molar-refractivity contribution is 0.617. The van der Waals surface area contributed by atoms with E-state index in [-0.39, 0.29) is 13.3 Å². The maximum absolute atomic E-state index is 3.56. The second-order valence-electron chi connectivity index (χ2n) is 5.46. The zero-order chi connectivity index (χ0) is 11.6. The molecule has 1 atom stereocenters. The fourth-order valence-electron chi connectivity index (χ4n) is 2.34. The molecular weight excluding hydrogens is 213 g/mol. The SMILES string of the molecule is CP1CNCCC2=CC(C)(C)C=CC=C2C1. The molecule has 1 nitrogen and oxygen atoms in total. The molecule has 2 heteroatoms. The highest BCUT2D eigenvalue weighted by Gasteiger charge is 2.19. The van der Waals surface area contributed by atoms with E-state index >= 15 is 0 Å². The highest BCUT2D eigenvalue weighted by Crippen LogP contribution is 2.38. The molecule has 1 unspecified atom stereocenters. The molecule has 1 aliphatic carbocycles. The summed E-state index contributed by atoms with van der Waals surface area (Å²) in [5, 5.41) is 3.56. The van der Waals surface area contributed by atoms with Gasteiger partial charge in [0.2, 0.25) is 0 Å². The Morgan fingerprint density at radius 1 is 1.31 bits per heavy atom. The van der Waals surface area contributed by atoms with Gasteiger partial charge in [-0.05, 0) is 36.9 Å². The molecule has 0 amide bonds. The zero-order valence-electron chi connectivity index (χ0n) is 10.6. The number of nitrogens with one attached hydrogen (secondary N) is 1. The fraction of sp³-hybridized carbons (Fsp3) is 0.571. The van der Waals surface area contributed by atoms with Gasteiger partial charge in [-0.25, -0.2) is 0 Å². The largest absolute Gasteiger partial charge is 0.313 e. The second-order valence-corrected chi connectivity index (χ2v) is 7.81. The van der Waals surface area contributed by atoms with E-state index in [1.165, 1.54) is 18.9 Å². The highest BCUT2D eigenvalue weighted by molar-refractivity contribution is 7.57. The summed E-state index contributed by atoms with van der Waals surface area (Å²) in [6.45, 7) is 8.10. The number of allylic oxidation sites excluding steroid dienone is 5. The van der Waals surface area contributed by atoms with E-state index in [9.17, 15) is 0 Å². The molecule has 2 aliphatic rings. The molecule has 88 valence electrons. The molecule has 0 saturated carbocycles. The van der Waals surface area contributed by atoms with E-state index in [1.807, 2.05) is 0 Å². The molecule has 1 N–H and O–H groups in total. The third-order valence-electron chi connectivity index (χ3n) is 3.17. The molecule has 0 aromatic carbocycles. The molecule has 0 bridgehead atoms. The van der Waals surface area contributed by atoms with E-state index in [0.717, 1.165) is 6.54 Å². The first-order valence-corrected chi connectivity index (χ1v) is 8.22. The van der Waals surface area contributed by atoms with Gasteiger partial charge in [0.25, 0.3) is 0 Å². The molecule has 1 aliphatic heterocycles. The van der Waals surface area contributed by atoms with E-state index in [1.54, 1.807) is 11.1 Å². The van der Waals surface area contributed by atoms with Crippen LogP contribution in [-0.4, -0.2) is 25.7 Å². The lowest BCUT2D eigenvalue weighted by atomic mass is 9.89. The third-order valence-corrected chi connectivity index (χ3v) is 4.82. The van der Waals surface area contributed by atoms with Crippen molar-refractivity contribution >= 4 is 7.92 Å². The van der Waals surface area contributed by atoms with Crippen LogP contribution in [0.15, 0.2) is 35.5 Å². The Hall–Kier alpha value is -0.390. The first-order valence-electron chi connectivity index (χ1n) is 6.07. The van der Waals surface area contributed by atoms with Crippen LogP contribution in [0.25, 0.3) is 0 Å². The van der Waals surface area contributed by atoms with Gasteiger partial charge in [0.05, 0.1) is 0 Å². The number of hydrogen-bond acceptors (Lipinski definition) is 1. The van der Waals surface area contributed by atoms with Crippen LogP contribution in [0.4, 0.5) is 0 Å². The van der Waals surface area contributed by atoms with Crippen LogP contribution < -0.4 is 5.32 Å². The summed E-state index contributed by atoms with van der Waals surface area (Å²) in [7, 11) is 0.124. The van der Waals surface area contributed by atoms with Gasteiger partial charge in [0, 0.05) is 11.7 Å². The van der Waals surface area contributed by atoms with Gasteiger partial charge in [0.1, 0.15) is 0 Å². The molecule has 0 spiro atoms. The number of fused-ring (bicyclic) bond motifs is 1. The molecular formula is C14H22NP. The van der Waals surface area contributed by atoms with Crippen molar-refractivity contribution in [1.29, 1.82) is 0 Å². The Bertz CT molecular complexity index is 350. The van der Waals surface area contributed by atoms with Crippen molar-refractivity contribution in [2.24, 2.45) is 5.41 Å². The molecule has 1 saturated heterocycles. The predicted molar refractivity (Wildman–Crippen MR) is 74.3 cm³/mol. The normalized spacial score (nSPS) is 29.3. The summed E-state index contributed by atoms with van der Waals surface area (Å²) < 4.78 is 0. The van der Waals surface area contributed by atoms with Gasteiger partial charge in [0.15, 0.2) is 0 Å². The van der Waals surface area contributed by atoms with E-state index in [2.05, 4.69) is 50.1 Å². The van der Waals surface area contributed by atoms with Crippen molar-refractivity contribution in [1.82, 2.24) is 5.32 Å². The highest BCUT2D eigenvalue weighted by atomic mass is 31.1. The smallest absolute Gasteiger partial charge is 0.0156 e. The molecule has 1 heterocycles. The van der Waals surface area contributed by atoms with Crippen LogP contribution >= 0.6 is 7.92 Å². The summed E-state index contributed by atoms with van der Waals surface area (Å²) >= 11 is 0. The Morgan fingerprint density at radius 2 is 2.12 bits per heavy atom. The first-order chi connectivity index (χ1) is 7.57. The van der Waals surface area contributed by atoms with Gasteiger partial charge >= 0.3 is 0 Å². The monoisotopic (exact) mass is 235 g/mol. The zero-order valence-corrected chi connectivity index (χ0v) is 11.5. The van der Waals surface area contributed by atoms with Crippen LogP contribution in [0, 0.1) is 5.41 Å². The predicted octanol–water partition coefficient (Wildman–Crippen LogP) is 3.50. The summed E-state index contributed by atoms with van der Waals surface area (Å²) in [5.74, 6) is 0. The molecule has 0 aromatic heterocycles. The maximum Gasteiger partial charge on any atom is 0.0156 e. The number of rotatable bonds is 0. The van der Waals surface area contributed by atoms with Crippen molar-refractivity contribution in [3.63, 3.8) is 0 Å². The molecule has 16 heavy (non-hydrogen) atoms. The summed E-state index contributed by atoms with van der Waals surface area (Å²) in [6.07, 6.45) is 13.0. The van der Waals surface area contributed by atoms with Gasteiger partial charge in [-0.2, -0.15) is 0 Å².